The molecule has 0 amide bonds. The molecular formula is C8H10N4. The van der Waals surface area contributed by atoms with E-state index in [4.69, 9.17) is 0 Å². The van der Waals surface area contributed by atoms with Crippen molar-refractivity contribution in [1.29, 1.82) is 0 Å². The van der Waals surface area contributed by atoms with E-state index in [1.807, 2.05) is 59.6 Å². The monoisotopic (exact) mass is 162 g/mol. The van der Waals surface area contributed by atoms with Gasteiger partial charge in [-0.15, -0.1) is 0 Å². The lowest BCUT2D eigenvalue weighted by Gasteiger charge is -2.29. The molecule has 0 aromatic carbocycles. The predicted octanol–water partition coefficient (Wildman–Crippen LogP) is 0.597. The average Bonchev–Trinajstić information content (AvgIpc) is 2.21. The summed E-state index contributed by atoms with van der Waals surface area (Å²) in [4.78, 5) is 0. The number of nitrogens with zero attached hydrogens (tertiary/aromatic N) is 2. The highest BCUT2D eigenvalue weighted by molar-refractivity contribution is 5.04. The van der Waals surface area contributed by atoms with Crippen molar-refractivity contribution in [3.05, 3.63) is 49.6 Å². The second-order valence-corrected chi connectivity index (χ2v) is 2.36. The van der Waals surface area contributed by atoms with Crippen molar-refractivity contribution >= 4 is 0 Å². The first-order valence-corrected chi connectivity index (χ1v) is 3.72. The van der Waals surface area contributed by atoms with Crippen molar-refractivity contribution in [2.75, 3.05) is 0 Å². The maximum Gasteiger partial charge on any atom is 0.0428 e. The van der Waals surface area contributed by atoms with Gasteiger partial charge in [0.15, 0.2) is 0 Å². The van der Waals surface area contributed by atoms with E-state index in [1.165, 1.54) is 0 Å². The zero-order valence-corrected chi connectivity index (χ0v) is 6.51. The second kappa shape index (κ2) is 3.04. The molecule has 62 valence electrons. The van der Waals surface area contributed by atoms with Gasteiger partial charge in [-0.1, -0.05) is 0 Å². The van der Waals surface area contributed by atoms with Crippen molar-refractivity contribution in [1.82, 2.24) is 20.7 Å². The summed E-state index contributed by atoms with van der Waals surface area (Å²) in [7, 11) is 0. The first-order valence-electron chi connectivity index (χ1n) is 3.72. The van der Waals surface area contributed by atoms with Crippen LogP contribution in [0.4, 0.5) is 0 Å². The molecule has 0 aromatic heterocycles. The maximum absolute atomic E-state index is 2.96. The number of nitrogens with one attached hydrogen (secondary N) is 2. The number of rotatable bonds is 1. The molecule has 0 saturated carbocycles. The quantitative estimate of drug-likeness (QED) is 0.591. The Hall–Kier alpha value is -1.84. The standard InChI is InChI=1S/C8H10N4/c1-5-11(6-2-9-1)12-7-3-10-4-8-12/h1-10H. The van der Waals surface area contributed by atoms with Gasteiger partial charge in [-0.2, -0.15) is 0 Å². The number of hydrazine groups is 1. The molecule has 0 aliphatic carbocycles. The van der Waals surface area contributed by atoms with E-state index in [0.717, 1.165) is 0 Å². The summed E-state index contributed by atoms with van der Waals surface area (Å²) >= 11 is 0. The minimum Gasteiger partial charge on any atom is -0.365 e. The van der Waals surface area contributed by atoms with E-state index in [0.29, 0.717) is 0 Å². The van der Waals surface area contributed by atoms with Crippen LogP contribution >= 0.6 is 0 Å². The Kier molecular flexibility index (Phi) is 1.74. The van der Waals surface area contributed by atoms with E-state index in [-0.39, 0.29) is 0 Å². The highest BCUT2D eigenvalue weighted by Gasteiger charge is 2.03. The lowest BCUT2D eigenvalue weighted by atomic mass is 10.6. The Bertz CT molecular complexity index is 212. The summed E-state index contributed by atoms with van der Waals surface area (Å²) in [5.41, 5.74) is 0. The summed E-state index contributed by atoms with van der Waals surface area (Å²) in [5, 5.41) is 9.82. The third kappa shape index (κ3) is 1.27. The average molecular weight is 162 g/mol. The fourth-order valence-corrected chi connectivity index (χ4v) is 0.996. The smallest absolute Gasteiger partial charge is 0.0428 e. The van der Waals surface area contributed by atoms with Crippen molar-refractivity contribution < 1.29 is 0 Å². The fourth-order valence-electron chi connectivity index (χ4n) is 0.996. The number of hydrogen-bond acceptors (Lipinski definition) is 4. The van der Waals surface area contributed by atoms with Crippen LogP contribution in [0.1, 0.15) is 0 Å². The van der Waals surface area contributed by atoms with Crippen LogP contribution in [-0.4, -0.2) is 10.0 Å². The maximum atomic E-state index is 2.96. The molecule has 0 aromatic rings. The molecule has 2 aliphatic heterocycles. The summed E-state index contributed by atoms with van der Waals surface area (Å²) in [6.07, 6.45) is 15.2. The van der Waals surface area contributed by atoms with Crippen LogP contribution in [0.3, 0.4) is 0 Å². The molecule has 0 atom stereocenters. The molecule has 0 bridgehead atoms. The lowest BCUT2D eigenvalue weighted by molar-refractivity contribution is 0.195. The van der Waals surface area contributed by atoms with Gasteiger partial charge >= 0.3 is 0 Å². The molecule has 2 heterocycles. The molecule has 0 unspecified atom stereocenters. The zero-order chi connectivity index (χ0) is 8.23. The lowest BCUT2D eigenvalue weighted by Crippen LogP contribution is -2.30. The van der Waals surface area contributed by atoms with Crippen molar-refractivity contribution in [2.24, 2.45) is 0 Å². The van der Waals surface area contributed by atoms with E-state index in [2.05, 4.69) is 10.6 Å². The van der Waals surface area contributed by atoms with Crippen molar-refractivity contribution in [2.45, 2.75) is 0 Å². The third-order valence-electron chi connectivity index (χ3n) is 1.56. The third-order valence-corrected chi connectivity index (χ3v) is 1.56. The normalized spacial score (nSPS) is 19.3. The number of hydrogen-bond donors (Lipinski definition) is 2. The van der Waals surface area contributed by atoms with Gasteiger partial charge in [0.1, 0.15) is 0 Å². The molecule has 4 nitrogen and oxygen atoms in total. The van der Waals surface area contributed by atoms with Gasteiger partial charge in [-0.25, -0.2) is 0 Å². The van der Waals surface area contributed by atoms with Gasteiger partial charge in [-0.3, -0.25) is 10.0 Å². The van der Waals surface area contributed by atoms with E-state index in [9.17, 15) is 0 Å². The molecule has 0 spiro atoms. The van der Waals surface area contributed by atoms with Gasteiger partial charge in [0, 0.05) is 49.6 Å². The van der Waals surface area contributed by atoms with Crippen LogP contribution in [0.5, 0.6) is 0 Å². The fraction of sp³-hybridized carbons (Fsp3) is 0. The Morgan fingerprint density at radius 2 is 0.917 bits per heavy atom. The van der Waals surface area contributed by atoms with Gasteiger partial charge in [0.05, 0.1) is 0 Å². The van der Waals surface area contributed by atoms with Gasteiger partial charge in [-0.05, 0) is 0 Å². The SMILES string of the molecule is C1=CN(N2C=CNC=C2)C=CN1. The minimum atomic E-state index is 1.86. The van der Waals surface area contributed by atoms with E-state index < -0.39 is 0 Å². The summed E-state index contributed by atoms with van der Waals surface area (Å²) < 4.78 is 0. The molecule has 2 N–H and O–H groups in total. The Morgan fingerprint density at radius 1 is 0.583 bits per heavy atom. The van der Waals surface area contributed by atoms with Crippen LogP contribution < -0.4 is 10.6 Å². The molecule has 2 rings (SSSR count). The first kappa shape index (κ1) is 6.84. The predicted molar refractivity (Wildman–Crippen MR) is 46.5 cm³/mol. The van der Waals surface area contributed by atoms with Crippen molar-refractivity contribution in [3.63, 3.8) is 0 Å². The Labute approximate surface area is 71.1 Å². The molecule has 4 heteroatoms. The van der Waals surface area contributed by atoms with Gasteiger partial charge in [0.25, 0.3) is 0 Å². The second-order valence-electron chi connectivity index (χ2n) is 2.36. The topological polar surface area (TPSA) is 30.5 Å². The zero-order valence-electron chi connectivity index (χ0n) is 6.51. The van der Waals surface area contributed by atoms with Crippen LogP contribution in [0, 0.1) is 0 Å². The van der Waals surface area contributed by atoms with Gasteiger partial charge < -0.3 is 10.6 Å². The summed E-state index contributed by atoms with van der Waals surface area (Å²) in [6.45, 7) is 0. The molecule has 0 radical (unpaired) electrons. The highest BCUT2D eigenvalue weighted by atomic mass is 15.6. The first-order chi connectivity index (χ1) is 5.97. The molecule has 0 fully saturated rings. The van der Waals surface area contributed by atoms with Crippen LogP contribution in [0.15, 0.2) is 49.6 Å². The van der Waals surface area contributed by atoms with Crippen molar-refractivity contribution in [3.8, 4) is 0 Å². The molecule has 0 saturated heterocycles. The van der Waals surface area contributed by atoms with E-state index in [1.54, 1.807) is 0 Å². The molecular weight excluding hydrogens is 152 g/mol. The summed E-state index contributed by atoms with van der Waals surface area (Å²) in [5.74, 6) is 0. The van der Waals surface area contributed by atoms with Crippen LogP contribution in [0.25, 0.3) is 0 Å². The Balaban J connectivity index is 2.07. The minimum absolute atomic E-state index is 1.86. The van der Waals surface area contributed by atoms with Crippen LogP contribution in [0.2, 0.25) is 0 Å². The molecule has 12 heavy (non-hydrogen) atoms. The largest absolute Gasteiger partial charge is 0.365 e. The Morgan fingerprint density at radius 3 is 1.25 bits per heavy atom. The van der Waals surface area contributed by atoms with Crippen LogP contribution in [-0.2, 0) is 0 Å². The van der Waals surface area contributed by atoms with Gasteiger partial charge in [0.2, 0.25) is 0 Å². The summed E-state index contributed by atoms with van der Waals surface area (Å²) in [6, 6.07) is 0. The molecule has 2 aliphatic rings. The van der Waals surface area contributed by atoms with E-state index >= 15 is 0 Å². The highest BCUT2D eigenvalue weighted by Crippen LogP contribution is 2.05.